The number of carbonyl (C=O) groups is 2. The Labute approximate surface area is 214 Å². The number of halogens is 2. The van der Waals surface area contributed by atoms with Crippen LogP contribution in [0.1, 0.15) is 21.5 Å². The Morgan fingerprint density at radius 2 is 1.83 bits per heavy atom. The van der Waals surface area contributed by atoms with Crippen LogP contribution in [0.25, 0.3) is 6.08 Å². The minimum atomic E-state index is -0.427. The number of amidine groups is 1. The van der Waals surface area contributed by atoms with Crippen molar-refractivity contribution in [3.8, 4) is 5.75 Å². The van der Waals surface area contributed by atoms with Gasteiger partial charge in [0.2, 0.25) is 0 Å². The van der Waals surface area contributed by atoms with Gasteiger partial charge in [-0.05, 0) is 78.0 Å². The number of amides is 1. The number of nitrogens with zero attached hydrogens (tertiary/aromatic N) is 2. The molecule has 1 saturated heterocycles. The highest BCUT2D eigenvalue weighted by molar-refractivity contribution is 9.10. The Bertz CT molecular complexity index is 1320. The van der Waals surface area contributed by atoms with Crippen LogP contribution in [-0.2, 0) is 16.1 Å². The van der Waals surface area contributed by atoms with Crippen molar-refractivity contribution in [1.82, 2.24) is 4.90 Å². The Hall–Kier alpha value is -3.43. The molecule has 1 aliphatic rings. The lowest BCUT2D eigenvalue weighted by Crippen LogP contribution is -2.23. The topological polar surface area (TPSA) is 68.2 Å². The van der Waals surface area contributed by atoms with Crippen LogP contribution in [0.5, 0.6) is 5.75 Å². The van der Waals surface area contributed by atoms with Gasteiger partial charge >= 0.3 is 5.97 Å². The Kier molecular flexibility index (Phi) is 7.67. The summed E-state index contributed by atoms with van der Waals surface area (Å²) in [7, 11) is 2.98. The summed E-state index contributed by atoms with van der Waals surface area (Å²) in [6, 6.07) is 18.2. The molecule has 0 spiro atoms. The summed E-state index contributed by atoms with van der Waals surface area (Å²) in [5.41, 5.74) is 2.57. The molecule has 0 unspecified atom stereocenters. The van der Waals surface area contributed by atoms with E-state index in [-0.39, 0.29) is 18.3 Å². The lowest BCUT2D eigenvalue weighted by Gasteiger charge is -2.10. The lowest BCUT2D eigenvalue weighted by molar-refractivity contribution is -0.121. The average Bonchev–Trinajstić information content (AvgIpc) is 3.12. The van der Waals surface area contributed by atoms with Gasteiger partial charge in [0, 0.05) is 17.1 Å². The monoisotopic (exact) mass is 554 g/mol. The second-order valence-electron chi connectivity index (χ2n) is 7.50. The van der Waals surface area contributed by atoms with Crippen LogP contribution in [-0.4, -0.2) is 36.1 Å². The third-order valence-electron chi connectivity index (χ3n) is 5.08. The first-order valence-electron chi connectivity index (χ1n) is 10.5. The molecule has 0 atom stereocenters. The van der Waals surface area contributed by atoms with Crippen molar-refractivity contribution < 1.29 is 23.5 Å². The molecule has 178 valence electrons. The number of carbonyl (C=O) groups excluding carboxylic acids is 2. The summed E-state index contributed by atoms with van der Waals surface area (Å²) in [4.78, 5) is 31.0. The molecule has 1 amide bonds. The van der Waals surface area contributed by atoms with Crippen molar-refractivity contribution in [3.63, 3.8) is 0 Å². The number of benzene rings is 3. The highest BCUT2D eigenvalue weighted by Crippen LogP contribution is 2.35. The van der Waals surface area contributed by atoms with E-state index in [4.69, 9.17) is 9.47 Å². The molecule has 3 aromatic rings. The molecule has 6 nitrogen and oxygen atoms in total. The summed E-state index contributed by atoms with van der Waals surface area (Å²) >= 11 is 4.71. The number of hydrogen-bond donors (Lipinski definition) is 0. The maximum atomic E-state index is 13.2. The van der Waals surface area contributed by atoms with Gasteiger partial charge in [-0.25, -0.2) is 14.2 Å². The van der Waals surface area contributed by atoms with Gasteiger partial charge in [0.15, 0.2) is 5.17 Å². The zero-order valence-electron chi connectivity index (χ0n) is 18.8. The summed E-state index contributed by atoms with van der Waals surface area (Å²) in [5.74, 6) is -0.335. The van der Waals surface area contributed by atoms with Crippen LogP contribution in [0.4, 0.5) is 10.1 Å². The zero-order chi connectivity index (χ0) is 24.9. The predicted octanol–water partition coefficient (Wildman–Crippen LogP) is 6.19. The van der Waals surface area contributed by atoms with Crippen LogP contribution in [0, 0.1) is 5.82 Å². The molecule has 0 aromatic heterocycles. The Morgan fingerprint density at radius 3 is 2.51 bits per heavy atom. The van der Waals surface area contributed by atoms with Crippen LogP contribution in [0.3, 0.4) is 0 Å². The van der Waals surface area contributed by atoms with Crippen molar-refractivity contribution in [3.05, 3.63) is 98.6 Å². The fourth-order valence-electron chi connectivity index (χ4n) is 3.20. The first-order chi connectivity index (χ1) is 16.8. The van der Waals surface area contributed by atoms with E-state index in [1.807, 2.05) is 18.2 Å². The number of ether oxygens (including phenoxy) is 2. The van der Waals surface area contributed by atoms with E-state index in [1.165, 1.54) is 35.9 Å². The van der Waals surface area contributed by atoms with Crippen LogP contribution >= 0.6 is 27.7 Å². The van der Waals surface area contributed by atoms with Crippen molar-refractivity contribution >= 4 is 56.5 Å². The Morgan fingerprint density at radius 1 is 1.11 bits per heavy atom. The molecular formula is C26H20BrFN2O4S. The molecule has 0 aliphatic carbocycles. The third-order valence-corrected chi connectivity index (χ3v) is 6.64. The molecule has 1 heterocycles. The summed E-state index contributed by atoms with van der Waals surface area (Å²) in [6.45, 7) is 0.257. The number of rotatable bonds is 6. The molecule has 3 aromatic carbocycles. The van der Waals surface area contributed by atoms with E-state index in [0.29, 0.717) is 27.1 Å². The van der Waals surface area contributed by atoms with E-state index in [0.717, 1.165) is 15.6 Å². The minimum Gasteiger partial charge on any atom is -0.488 e. The van der Waals surface area contributed by atoms with Crippen molar-refractivity contribution in [2.45, 2.75) is 6.61 Å². The Balaban J connectivity index is 1.56. The van der Waals surface area contributed by atoms with Crippen molar-refractivity contribution in [2.24, 2.45) is 4.99 Å². The van der Waals surface area contributed by atoms with Crippen LogP contribution < -0.4 is 4.74 Å². The predicted molar refractivity (Wildman–Crippen MR) is 138 cm³/mol. The second-order valence-corrected chi connectivity index (χ2v) is 9.43. The maximum Gasteiger partial charge on any atom is 0.337 e. The summed E-state index contributed by atoms with van der Waals surface area (Å²) in [6.07, 6.45) is 1.76. The first kappa shape index (κ1) is 24.7. The smallest absolute Gasteiger partial charge is 0.337 e. The molecule has 4 rings (SSSR count). The highest BCUT2D eigenvalue weighted by Gasteiger charge is 2.30. The second kappa shape index (κ2) is 10.9. The summed E-state index contributed by atoms with van der Waals surface area (Å²) < 4.78 is 24.7. The van der Waals surface area contributed by atoms with Crippen LogP contribution in [0.15, 0.2) is 81.1 Å². The maximum absolute atomic E-state index is 13.2. The zero-order valence-corrected chi connectivity index (χ0v) is 21.2. The number of hydrogen-bond acceptors (Lipinski definition) is 6. The molecule has 0 radical (unpaired) electrons. The third kappa shape index (κ3) is 5.98. The molecular weight excluding hydrogens is 535 g/mol. The summed E-state index contributed by atoms with van der Waals surface area (Å²) in [5, 5.41) is 0.510. The van der Waals surface area contributed by atoms with Gasteiger partial charge in [0.05, 0.1) is 23.3 Å². The highest BCUT2D eigenvalue weighted by atomic mass is 79.9. The quantitative estimate of drug-likeness (QED) is 0.268. The molecule has 1 aliphatic heterocycles. The van der Waals surface area contributed by atoms with Gasteiger partial charge in [-0.1, -0.05) is 28.1 Å². The van der Waals surface area contributed by atoms with Crippen LogP contribution in [0.2, 0.25) is 0 Å². The fraction of sp³-hybridized carbons (Fsp3) is 0.115. The van der Waals surface area contributed by atoms with E-state index < -0.39 is 5.97 Å². The average molecular weight is 555 g/mol. The molecule has 0 N–H and O–H groups in total. The first-order valence-corrected chi connectivity index (χ1v) is 12.1. The van der Waals surface area contributed by atoms with E-state index in [2.05, 4.69) is 20.9 Å². The standard InChI is InChI=1S/C26H20BrFN2O4S/c1-30-24(31)23(35-26(30)29-21-10-5-17(6-11-21)25(32)33-2)14-18-13-19(27)7-12-22(18)34-15-16-3-8-20(28)9-4-16/h3-14H,15H2,1-2H3/b23-14-,29-26?. The molecule has 0 bridgehead atoms. The number of aliphatic imine (C=N–C) groups is 1. The normalized spacial score (nSPS) is 15.7. The molecule has 0 saturated carbocycles. The lowest BCUT2D eigenvalue weighted by atomic mass is 10.1. The number of thioether (sulfide) groups is 1. The van der Waals surface area contributed by atoms with E-state index in [1.54, 1.807) is 49.5 Å². The van der Waals surface area contributed by atoms with Gasteiger partial charge in [-0.15, -0.1) is 0 Å². The SMILES string of the molecule is COC(=O)c1ccc(N=C2S/C(=C\c3cc(Br)ccc3OCc3ccc(F)cc3)C(=O)N2C)cc1. The number of likely N-dealkylation sites (N-methyl/N-ethyl adjacent to an activating group) is 1. The largest absolute Gasteiger partial charge is 0.488 e. The fourth-order valence-corrected chi connectivity index (χ4v) is 4.56. The molecule has 9 heteroatoms. The molecule has 1 fully saturated rings. The molecule has 35 heavy (non-hydrogen) atoms. The van der Waals surface area contributed by atoms with Gasteiger partial charge in [-0.3, -0.25) is 9.69 Å². The van der Waals surface area contributed by atoms with Crippen molar-refractivity contribution in [2.75, 3.05) is 14.2 Å². The van der Waals surface area contributed by atoms with Gasteiger partial charge in [0.1, 0.15) is 18.2 Å². The van der Waals surface area contributed by atoms with Gasteiger partial charge < -0.3 is 9.47 Å². The number of methoxy groups -OCH3 is 1. The van der Waals surface area contributed by atoms with E-state index in [9.17, 15) is 14.0 Å². The van der Waals surface area contributed by atoms with E-state index >= 15 is 0 Å². The number of esters is 1. The van der Waals surface area contributed by atoms with Gasteiger partial charge in [-0.2, -0.15) is 0 Å². The van der Waals surface area contributed by atoms with Gasteiger partial charge in [0.25, 0.3) is 5.91 Å². The minimum absolute atomic E-state index is 0.190. The van der Waals surface area contributed by atoms with Crippen molar-refractivity contribution in [1.29, 1.82) is 0 Å².